The van der Waals surface area contributed by atoms with E-state index in [1.54, 1.807) is 0 Å². The van der Waals surface area contributed by atoms with E-state index in [0.717, 1.165) is 42.2 Å². The molecule has 10 heteroatoms. The van der Waals surface area contributed by atoms with Crippen LogP contribution in [0.1, 0.15) is 27.9 Å². The van der Waals surface area contributed by atoms with Crippen molar-refractivity contribution in [3.8, 4) is 6.07 Å². The summed E-state index contributed by atoms with van der Waals surface area (Å²) in [5.41, 5.74) is 3.34. The van der Waals surface area contributed by atoms with Crippen LogP contribution >= 0.6 is 11.8 Å². The maximum absolute atomic E-state index is 13.2. The van der Waals surface area contributed by atoms with Crippen LogP contribution in [0.2, 0.25) is 0 Å². The minimum atomic E-state index is -3.40. The molecule has 0 aliphatic carbocycles. The van der Waals surface area contributed by atoms with Gasteiger partial charge in [0.05, 0.1) is 23.1 Å². The number of rotatable bonds is 3. The number of benzene rings is 2. The fourth-order valence-corrected chi connectivity index (χ4v) is 6.62. The number of fused-ring (bicyclic) bond motifs is 3. The van der Waals surface area contributed by atoms with Gasteiger partial charge in [0.15, 0.2) is 5.17 Å². The lowest BCUT2D eigenvalue weighted by molar-refractivity contribution is 0.0761. The molecular formula is C23H23N5O3S2. The quantitative estimate of drug-likeness (QED) is 0.664. The van der Waals surface area contributed by atoms with Gasteiger partial charge in [-0.3, -0.25) is 9.69 Å². The Morgan fingerprint density at radius 3 is 2.67 bits per heavy atom. The fraction of sp³-hybridized carbons (Fsp3) is 0.348. The molecule has 1 saturated heterocycles. The Morgan fingerprint density at radius 1 is 1.06 bits per heavy atom. The van der Waals surface area contributed by atoms with E-state index in [9.17, 15) is 13.2 Å². The zero-order valence-electron chi connectivity index (χ0n) is 18.0. The molecule has 3 aliphatic heterocycles. The van der Waals surface area contributed by atoms with E-state index in [0.29, 0.717) is 35.9 Å². The van der Waals surface area contributed by atoms with Crippen LogP contribution in [0.5, 0.6) is 0 Å². The lowest BCUT2D eigenvalue weighted by atomic mass is 10.1. The number of sulfonamides is 1. The van der Waals surface area contributed by atoms with Crippen LogP contribution in [-0.2, 0) is 16.6 Å². The van der Waals surface area contributed by atoms with E-state index >= 15 is 0 Å². The molecule has 8 nitrogen and oxygen atoms in total. The summed E-state index contributed by atoms with van der Waals surface area (Å²) in [7, 11) is -3.40. The number of hydrogen-bond acceptors (Lipinski definition) is 7. The fourth-order valence-electron chi connectivity index (χ4n) is 4.32. The molecule has 3 heterocycles. The van der Waals surface area contributed by atoms with Crippen molar-refractivity contribution in [2.24, 2.45) is 4.40 Å². The summed E-state index contributed by atoms with van der Waals surface area (Å²) in [5.74, 6) is 0.00210. The Hall–Kier alpha value is -2.87. The molecule has 3 aliphatic rings. The van der Waals surface area contributed by atoms with Crippen molar-refractivity contribution in [1.82, 2.24) is 9.80 Å². The Labute approximate surface area is 197 Å². The first-order valence-corrected chi connectivity index (χ1v) is 13.3. The van der Waals surface area contributed by atoms with Crippen LogP contribution in [0.15, 0.2) is 51.8 Å². The Balaban J connectivity index is 1.25. The summed E-state index contributed by atoms with van der Waals surface area (Å²) in [5, 5.41) is 9.42. The van der Waals surface area contributed by atoms with Crippen molar-refractivity contribution in [2.45, 2.75) is 17.9 Å². The van der Waals surface area contributed by atoms with Gasteiger partial charge < -0.3 is 9.80 Å². The van der Waals surface area contributed by atoms with Crippen molar-refractivity contribution in [2.75, 3.05) is 43.4 Å². The molecule has 1 amide bonds. The summed E-state index contributed by atoms with van der Waals surface area (Å²) in [6, 6.07) is 15.4. The largest absolute Gasteiger partial charge is 0.337 e. The number of nitriles is 1. The zero-order chi connectivity index (χ0) is 23.0. The Kier molecular flexibility index (Phi) is 5.86. The average molecular weight is 482 g/mol. The Morgan fingerprint density at radius 2 is 1.88 bits per heavy atom. The molecule has 0 radical (unpaired) electrons. The van der Waals surface area contributed by atoms with Gasteiger partial charge >= 0.3 is 0 Å². The number of nitrogens with zero attached hydrogens (tertiary/aromatic N) is 5. The first kappa shape index (κ1) is 21.9. The third-order valence-corrected chi connectivity index (χ3v) is 8.39. The molecule has 5 rings (SSSR count). The van der Waals surface area contributed by atoms with Crippen molar-refractivity contribution in [1.29, 1.82) is 5.26 Å². The van der Waals surface area contributed by atoms with Gasteiger partial charge in [0.1, 0.15) is 0 Å². The molecule has 2 aromatic rings. The number of carbonyl (C=O) groups is 1. The highest BCUT2D eigenvalue weighted by molar-refractivity contribution is 8.15. The first-order valence-electron chi connectivity index (χ1n) is 10.8. The van der Waals surface area contributed by atoms with E-state index in [1.165, 1.54) is 11.8 Å². The molecule has 2 aromatic carbocycles. The van der Waals surface area contributed by atoms with Gasteiger partial charge in [-0.25, -0.2) is 8.42 Å². The summed E-state index contributed by atoms with van der Waals surface area (Å²) in [6.45, 7) is 4.22. The number of amides is 1. The average Bonchev–Trinajstić information content (AvgIpc) is 2.98. The predicted octanol–water partition coefficient (Wildman–Crippen LogP) is 2.52. The van der Waals surface area contributed by atoms with E-state index in [4.69, 9.17) is 5.26 Å². The van der Waals surface area contributed by atoms with Gasteiger partial charge in [-0.15, -0.1) is 4.40 Å². The van der Waals surface area contributed by atoms with Crippen LogP contribution in [-0.4, -0.2) is 67.8 Å². The molecular weight excluding hydrogens is 458 g/mol. The van der Waals surface area contributed by atoms with Gasteiger partial charge in [0, 0.05) is 49.7 Å². The van der Waals surface area contributed by atoms with Gasteiger partial charge in [-0.1, -0.05) is 12.1 Å². The third-order valence-electron chi connectivity index (χ3n) is 6.08. The lowest BCUT2D eigenvalue weighted by Gasteiger charge is -2.23. The zero-order valence-corrected chi connectivity index (χ0v) is 19.6. The highest BCUT2D eigenvalue weighted by atomic mass is 32.2. The first-order chi connectivity index (χ1) is 15.9. The standard InChI is InChI=1S/C23H23N5O3S2/c24-15-17-2-4-18(5-3-17)16-26-8-1-9-27(11-10-26)22(29)19-6-7-20-21(14-19)32-23-25-33(30,31)13-12-28(20)23/h2-7,14H,1,8-13,16H2. The van der Waals surface area contributed by atoms with E-state index < -0.39 is 10.0 Å². The number of amidine groups is 1. The van der Waals surface area contributed by atoms with Crippen molar-refractivity contribution < 1.29 is 13.2 Å². The van der Waals surface area contributed by atoms with Crippen molar-refractivity contribution >= 4 is 38.5 Å². The molecule has 0 aromatic heterocycles. The van der Waals surface area contributed by atoms with Gasteiger partial charge in [0.25, 0.3) is 15.9 Å². The van der Waals surface area contributed by atoms with Gasteiger partial charge in [-0.2, -0.15) is 5.26 Å². The van der Waals surface area contributed by atoms with Crippen LogP contribution < -0.4 is 4.90 Å². The van der Waals surface area contributed by atoms with E-state index in [1.807, 2.05) is 52.3 Å². The minimum absolute atomic E-state index is 0.00180. The van der Waals surface area contributed by atoms with Crippen LogP contribution in [0, 0.1) is 11.3 Å². The molecule has 0 saturated carbocycles. The SMILES string of the molecule is N#Cc1ccc(CN2CCCN(C(=O)c3ccc4c(c3)SC3=NS(=O)(=O)CCN34)CC2)cc1. The monoisotopic (exact) mass is 481 g/mol. The molecule has 0 unspecified atom stereocenters. The molecule has 170 valence electrons. The number of carbonyl (C=O) groups excluding carboxylic acids is 1. The normalized spacial score (nSPS) is 19.8. The second-order valence-electron chi connectivity index (χ2n) is 8.33. The summed E-state index contributed by atoms with van der Waals surface area (Å²) in [4.78, 5) is 20.2. The van der Waals surface area contributed by atoms with Gasteiger partial charge in [-0.05, 0) is 54.1 Å². The predicted molar refractivity (Wildman–Crippen MR) is 128 cm³/mol. The summed E-state index contributed by atoms with van der Waals surface area (Å²) < 4.78 is 27.5. The highest BCUT2D eigenvalue weighted by Gasteiger charge is 2.33. The van der Waals surface area contributed by atoms with Crippen LogP contribution in [0.3, 0.4) is 0 Å². The maximum Gasteiger partial charge on any atom is 0.257 e. The number of thioether (sulfide) groups is 1. The molecule has 0 bridgehead atoms. The second-order valence-corrected chi connectivity index (χ2v) is 11.1. The highest BCUT2D eigenvalue weighted by Crippen LogP contribution is 2.42. The Bertz CT molecular complexity index is 1270. The van der Waals surface area contributed by atoms with Gasteiger partial charge in [0.2, 0.25) is 0 Å². The van der Waals surface area contributed by atoms with E-state index in [2.05, 4.69) is 15.4 Å². The van der Waals surface area contributed by atoms with Crippen molar-refractivity contribution in [3.05, 3.63) is 59.2 Å². The van der Waals surface area contributed by atoms with Crippen LogP contribution in [0.4, 0.5) is 5.69 Å². The summed E-state index contributed by atoms with van der Waals surface area (Å²) in [6.07, 6.45) is 0.893. The smallest absolute Gasteiger partial charge is 0.257 e. The number of hydrogen-bond donors (Lipinski definition) is 0. The molecule has 0 atom stereocenters. The lowest BCUT2D eigenvalue weighted by Crippen LogP contribution is -2.35. The van der Waals surface area contributed by atoms with E-state index in [-0.39, 0.29) is 11.7 Å². The second kappa shape index (κ2) is 8.82. The topological polar surface area (TPSA) is 97.1 Å². The number of anilines is 1. The summed E-state index contributed by atoms with van der Waals surface area (Å²) >= 11 is 1.31. The molecule has 0 spiro atoms. The molecule has 1 fully saturated rings. The minimum Gasteiger partial charge on any atom is -0.337 e. The molecule has 0 N–H and O–H groups in total. The van der Waals surface area contributed by atoms with Crippen LogP contribution in [0.25, 0.3) is 0 Å². The third kappa shape index (κ3) is 4.62. The molecule has 33 heavy (non-hydrogen) atoms. The maximum atomic E-state index is 13.2. The van der Waals surface area contributed by atoms with Crippen molar-refractivity contribution in [3.63, 3.8) is 0 Å².